The molecule has 3 rings (SSSR count). The molecule has 0 aliphatic rings. The van der Waals surface area contributed by atoms with Gasteiger partial charge in [-0.1, -0.05) is 6.07 Å². The van der Waals surface area contributed by atoms with Gasteiger partial charge >= 0.3 is 0 Å². The number of anilines is 1. The average molecular weight is 288 g/mol. The van der Waals surface area contributed by atoms with Crippen molar-refractivity contribution in [1.82, 2.24) is 14.5 Å². The lowest BCUT2D eigenvalue weighted by molar-refractivity contribution is 0.601. The van der Waals surface area contributed by atoms with Crippen LogP contribution in [0.2, 0.25) is 0 Å². The van der Waals surface area contributed by atoms with Crippen molar-refractivity contribution in [2.45, 2.75) is 4.90 Å². The number of fused-ring (bicyclic) bond motifs is 1. The summed E-state index contributed by atoms with van der Waals surface area (Å²) in [5, 5.41) is 0. The van der Waals surface area contributed by atoms with Crippen LogP contribution in [0.15, 0.2) is 53.8 Å². The zero-order valence-electron chi connectivity index (χ0n) is 10.7. The standard InChI is InChI=1S/C13H12N4O2S/c1-17-9-15-11-8-10(5-6-12(11)17)20(18,19)16-13-4-2-3-7-14-13/h2-9H,1H3,(H,14,16). The first kappa shape index (κ1) is 12.6. The predicted octanol–water partition coefficient (Wildman–Crippen LogP) is 1.77. The van der Waals surface area contributed by atoms with Gasteiger partial charge in [-0.25, -0.2) is 18.4 Å². The third-order valence-corrected chi connectivity index (χ3v) is 4.26. The first-order chi connectivity index (χ1) is 9.56. The molecule has 0 amide bonds. The lowest BCUT2D eigenvalue weighted by Gasteiger charge is -2.07. The molecule has 2 heterocycles. The summed E-state index contributed by atoms with van der Waals surface area (Å²) in [6, 6.07) is 9.85. The first-order valence-electron chi connectivity index (χ1n) is 5.91. The highest BCUT2D eigenvalue weighted by molar-refractivity contribution is 7.92. The van der Waals surface area contributed by atoms with Gasteiger partial charge in [0.25, 0.3) is 10.0 Å². The molecule has 0 spiro atoms. The normalized spacial score (nSPS) is 11.7. The Kier molecular flexibility index (Phi) is 2.90. The van der Waals surface area contributed by atoms with Crippen molar-refractivity contribution in [2.24, 2.45) is 7.05 Å². The molecule has 0 fully saturated rings. The molecular weight excluding hydrogens is 276 g/mol. The number of pyridine rings is 1. The van der Waals surface area contributed by atoms with Gasteiger partial charge < -0.3 is 4.57 Å². The van der Waals surface area contributed by atoms with Crippen LogP contribution in [0.4, 0.5) is 5.82 Å². The van der Waals surface area contributed by atoms with Gasteiger partial charge in [-0.15, -0.1) is 0 Å². The van der Waals surface area contributed by atoms with E-state index in [1.165, 1.54) is 6.20 Å². The van der Waals surface area contributed by atoms with Crippen LogP contribution in [0.5, 0.6) is 0 Å². The van der Waals surface area contributed by atoms with E-state index in [0.717, 1.165) is 5.52 Å². The Labute approximate surface area is 116 Å². The molecule has 7 heteroatoms. The molecule has 0 bridgehead atoms. The summed E-state index contributed by atoms with van der Waals surface area (Å²) in [6.07, 6.45) is 3.17. The fourth-order valence-corrected chi connectivity index (χ4v) is 2.93. The van der Waals surface area contributed by atoms with Crippen molar-refractivity contribution >= 4 is 26.9 Å². The van der Waals surface area contributed by atoms with Crippen molar-refractivity contribution in [2.75, 3.05) is 4.72 Å². The van der Waals surface area contributed by atoms with Crippen LogP contribution in [-0.2, 0) is 17.1 Å². The Morgan fingerprint density at radius 1 is 1.15 bits per heavy atom. The summed E-state index contributed by atoms with van der Waals surface area (Å²) in [4.78, 5) is 8.26. The minimum Gasteiger partial charge on any atom is -0.334 e. The highest BCUT2D eigenvalue weighted by atomic mass is 32.2. The Hall–Kier alpha value is -2.41. The Morgan fingerprint density at radius 2 is 2.00 bits per heavy atom. The molecule has 0 saturated heterocycles. The van der Waals surface area contributed by atoms with Crippen molar-refractivity contribution in [3.63, 3.8) is 0 Å². The molecule has 0 aliphatic carbocycles. The van der Waals surface area contributed by atoms with E-state index in [0.29, 0.717) is 5.52 Å². The van der Waals surface area contributed by atoms with Gasteiger partial charge in [0, 0.05) is 13.2 Å². The van der Waals surface area contributed by atoms with Gasteiger partial charge in [-0.05, 0) is 30.3 Å². The molecule has 0 saturated carbocycles. The number of nitrogens with zero attached hydrogens (tertiary/aromatic N) is 3. The van der Waals surface area contributed by atoms with Crippen molar-refractivity contribution in [3.8, 4) is 0 Å². The van der Waals surface area contributed by atoms with Crippen LogP contribution in [0.1, 0.15) is 0 Å². The van der Waals surface area contributed by atoms with Crippen LogP contribution >= 0.6 is 0 Å². The van der Waals surface area contributed by atoms with E-state index in [2.05, 4.69) is 14.7 Å². The summed E-state index contributed by atoms with van der Waals surface area (Å²) >= 11 is 0. The van der Waals surface area contributed by atoms with Gasteiger partial charge in [-0.3, -0.25) is 4.72 Å². The fourth-order valence-electron chi connectivity index (χ4n) is 1.90. The monoisotopic (exact) mass is 288 g/mol. The predicted molar refractivity (Wildman–Crippen MR) is 75.8 cm³/mol. The summed E-state index contributed by atoms with van der Waals surface area (Å²) in [7, 11) is -1.80. The van der Waals surface area contributed by atoms with E-state index in [-0.39, 0.29) is 10.7 Å². The topological polar surface area (TPSA) is 76.9 Å². The van der Waals surface area contributed by atoms with Gasteiger partial charge in [0.2, 0.25) is 0 Å². The molecule has 102 valence electrons. The molecule has 0 unspecified atom stereocenters. The number of sulfonamides is 1. The second kappa shape index (κ2) is 4.61. The Balaban J connectivity index is 2.00. The third-order valence-electron chi connectivity index (χ3n) is 2.91. The summed E-state index contributed by atoms with van der Waals surface area (Å²) in [5.74, 6) is 0.286. The van der Waals surface area contributed by atoms with Crippen LogP contribution in [0, 0.1) is 0 Å². The molecule has 1 aromatic carbocycles. The maximum absolute atomic E-state index is 12.3. The molecule has 0 atom stereocenters. The zero-order chi connectivity index (χ0) is 14.2. The Morgan fingerprint density at radius 3 is 2.75 bits per heavy atom. The van der Waals surface area contributed by atoms with Crippen molar-refractivity contribution < 1.29 is 8.42 Å². The summed E-state index contributed by atoms with van der Waals surface area (Å²) in [5.41, 5.74) is 1.51. The lowest BCUT2D eigenvalue weighted by atomic mass is 10.3. The second-order valence-corrected chi connectivity index (χ2v) is 6.01. The molecule has 1 N–H and O–H groups in total. The number of nitrogens with one attached hydrogen (secondary N) is 1. The minimum absolute atomic E-state index is 0.161. The molecule has 2 aromatic heterocycles. The van der Waals surface area contributed by atoms with E-state index >= 15 is 0 Å². The average Bonchev–Trinajstić information content (AvgIpc) is 2.81. The molecular formula is C13H12N4O2S. The number of aromatic nitrogens is 3. The molecule has 6 nitrogen and oxygen atoms in total. The molecule has 0 radical (unpaired) electrons. The van der Waals surface area contributed by atoms with Gasteiger partial charge in [0.15, 0.2) is 0 Å². The summed E-state index contributed by atoms with van der Waals surface area (Å²) < 4.78 is 28.8. The Bertz CT molecular complexity index is 856. The van der Waals surface area contributed by atoms with Gasteiger partial charge in [0.1, 0.15) is 5.82 Å². The number of imidazole rings is 1. The maximum Gasteiger partial charge on any atom is 0.263 e. The van der Waals surface area contributed by atoms with Crippen molar-refractivity contribution in [1.29, 1.82) is 0 Å². The van der Waals surface area contributed by atoms with Gasteiger partial charge in [-0.2, -0.15) is 0 Å². The van der Waals surface area contributed by atoms with Gasteiger partial charge in [0.05, 0.1) is 22.3 Å². The number of rotatable bonds is 3. The molecule has 20 heavy (non-hydrogen) atoms. The first-order valence-corrected chi connectivity index (χ1v) is 7.39. The van der Waals surface area contributed by atoms with Crippen LogP contribution in [0.25, 0.3) is 11.0 Å². The van der Waals surface area contributed by atoms with E-state index in [9.17, 15) is 8.42 Å². The van der Waals surface area contributed by atoms with Crippen LogP contribution < -0.4 is 4.72 Å². The van der Waals surface area contributed by atoms with Crippen LogP contribution in [-0.4, -0.2) is 23.0 Å². The fraction of sp³-hybridized carbons (Fsp3) is 0.0769. The largest absolute Gasteiger partial charge is 0.334 e. The van der Waals surface area contributed by atoms with Crippen LogP contribution in [0.3, 0.4) is 0 Å². The SMILES string of the molecule is Cn1cnc2cc(S(=O)(=O)Nc3ccccn3)ccc21. The smallest absolute Gasteiger partial charge is 0.263 e. The highest BCUT2D eigenvalue weighted by Gasteiger charge is 2.16. The van der Waals surface area contributed by atoms with E-state index in [1.807, 2.05) is 11.6 Å². The second-order valence-electron chi connectivity index (χ2n) is 4.33. The van der Waals surface area contributed by atoms with E-state index < -0.39 is 10.0 Å². The van der Waals surface area contributed by atoms with E-state index in [4.69, 9.17) is 0 Å². The lowest BCUT2D eigenvalue weighted by Crippen LogP contribution is -2.13. The minimum atomic E-state index is -3.66. The number of benzene rings is 1. The van der Waals surface area contributed by atoms with E-state index in [1.54, 1.807) is 42.7 Å². The molecule has 3 aromatic rings. The zero-order valence-corrected chi connectivity index (χ0v) is 11.5. The maximum atomic E-state index is 12.3. The number of hydrogen-bond acceptors (Lipinski definition) is 4. The third kappa shape index (κ3) is 2.23. The number of hydrogen-bond donors (Lipinski definition) is 1. The summed E-state index contributed by atoms with van der Waals surface area (Å²) in [6.45, 7) is 0. The quantitative estimate of drug-likeness (QED) is 0.797. The number of aryl methyl sites for hydroxylation is 1. The van der Waals surface area contributed by atoms with Crippen molar-refractivity contribution in [3.05, 3.63) is 48.9 Å². The molecule has 0 aliphatic heterocycles. The highest BCUT2D eigenvalue weighted by Crippen LogP contribution is 2.19.